The molecule has 0 bridgehead atoms. The van der Waals surface area contributed by atoms with Crippen LogP contribution in [0.4, 0.5) is 0 Å². The quantitative estimate of drug-likeness (QED) is 0.723. The minimum atomic E-state index is 0.380. The fraction of sp³-hybridized carbons (Fsp3) is 0.400. The second kappa shape index (κ2) is 3.24. The topological polar surface area (TPSA) is 30.2 Å². The highest BCUT2D eigenvalue weighted by Crippen LogP contribution is 2.25. The molecule has 3 nitrogen and oxygen atoms in total. The van der Waals surface area contributed by atoms with Gasteiger partial charge in [0, 0.05) is 0 Å². The van der Waals surface area contributed by atoms with Crippen LogP contribution in [0.3, 0.4) is 0 Å². The normalized spacial score (nSPS) is 11.5. The molecule has 0 atom stereocenters. The predicted molar refractivity (Wildman–Crippen MR) is 56.8 cm³/mol. The molecule has 0 spiro atoms. The molecule has 14 heavy (non-hydrogen) atoms. The molecule has 0 fully saturated rings. The average Bonchev–Trinajstić information content (AvgIpc) is 2.43. The molecule has 0 aliphatic rings. The van der Waals surface area contributed by atoms with Gasteiger partial charge in [0.15, 0.2) is 0 Å². The Hall–Kier alpha value is -1.09. The Labute approximate surface area is 87.7 Å². The van der Waals surface area contributed by atoms with E-state index in [1.165, 1.54) is 0 Å². The first-order chi connectivity index (χ1) is 6.61. The largest absolute Gasteiger partial charge is 0.237 e. The third-order valence-corrected chi connectivity index (χ3v) is 2.55. The van der Waals surface area contributed by atoms with E-state index in [1.807, 2.05) is 13.0 Å². The predicted octanol–water partition coefficient (Wildman–Crippen LogP) is 2.81. The molecule has 2 aromatic rings. The number of hydrogen-bond acceptors (Lipinski definition) is 2. The van der Waals surface area contributed by atoms with E-state index in [0.29, 0.717) is 11.1 Å². The zero-order valence-corrected chi connectivity index (χ0v) is 9.21. The third kappa shape index (κ3) is 1.28. The van der Waals surface area contributed by atoms with Crippen LogP contribution in [0.5, 0.6) is 0 Å². The van der Waals surface area contributed by atoms with Gasteiger partial charge < -0.3 is 0 Å². The number of hydrogen-bond donors (Lipinski definition) is 0. The maximum Gasteiger partial charge on any atom is 0.136 e. The van der Waals surface area contributed by atoms with Crippen molar-refractivity contribution in [3.63, 3.8) is 0 Å². The van der Waals surface area contributed by atoms with Crippen molar-refractivity contribution in [3.8, 4) is 0 Å². The van der Waals surface area contributed by atoms with Crippen LogP contribution in [0.25, 0.3) is 5.52 Å². The molecule has 0 aliphatic carbocycles. The van der Waals surface area contributed by atoms with Crippen LogP contribution in [0.2, 0.25) is 5.15 Å². The third-order valence-electron chi connectivity index (χ3n) is 2.28. The molecule has 0 saturated carbocycles. The summed E-state index contributed by atoms with van der Waals surface area (Å²) in [6.45, 7) is 6.25. The van der Waals surface area contributed by atoms with Gasteiger partial charge in [-0.05, 0) is 24.5 Å². The molecule has 0 unspecified atom stereocenters. The van der Waals surface area contributed by atoms with Crippen molar-refractivity contribution < 1.29 is 0 Å². The minimum Gasteiger partial charge on any atom is -0.237 e. The van der Waals surface area contributed by atoms with Gasteiger partial charge in [-0.3, -0.25) is 0 Å². The molecule has 0 amide bonds. The van der Waals surface area contributed by atoms with E-state index in [9.17, 15) is 0 Å². The smallest absolute Gasteiger partial charge is 0.136 e. The minimum absolute atomic E-state index is 0.380. The molecule has 0 aliphatic heterocycles. The summed E-state index contributed by atoms with van der Waals surface area (Å²) in [5.41, 5.74) is 3.20. The van der Waals surface area contributed by atoms with E-state index in [2.05, 4.69) is 23.9 Å². The van der Waals surface area contributed by atoms with Gasteiger partial charge in [-0.2, -0.15) is 5.10 Å². The number of rotatable bonds is 1. The van der Waals surface area contributed by atoms with Crippen LogP contribution in [0.1, 0.15) is 31.0 Å². The highest BCUT2D eigenvalue weighted by Gasteiger charge is 2.12. The number of aromatic nitrogens is 3. The lowest BCUT2D eigenvalue weighted by molar-refractivity contribution is 0.785. The van der Waals surface area contributed by atoms with Crippen molar-refractivity contribution in [2.75, 3.05) is 0 Å². The Bertz CT molecular complexity index is 473. The molecule has 4 heteroatoms. The molecule has 74 valence electrons. The number of halogens is 1. The van der Waals surface area contributed by atoms with Crippen molar-refractivity contribution in [2.24, 2.45) is 0 Å². The number of aryl methyl sites for hydroxylation is 1. The lowest BCUT2D eigenvalue weighted by Gasteiger charge is -2.06. The summed E-state index contributed by atoms with van der Waals surface area (Å²) in [7, 11) is 0. The Morgan fingerprint density at radius 1 is 1.43 bits per heavy atom. The summed E-state index contributed by atoms with van der Waals surface area (Å²) >= 11 is 6.03. The van der Waals surface area contributed by atoms with E-state index in [0.717, 1.165) is 16.8 Å². The monoisotopic (exact) mass is 209 g/mol. The highest BCUT2D eigenvalue weighted by atomic mass is 35.5. The molecule has 0 N–H and O–H groups in total. The summed E-state index contributed by atoms with van der Waals surface area (Å²) in [4.78, 5) is 4.29. The van der Waals surface area contributed by atoms with E-state index < -0.39 is 0 Å². The first-order valence-electron chi connectivity index (χ1n) is 4.60. The zero-order chi connectivity index (χ0) is 10.3. The maximum atomic E-state index is 6.03. The average molecular weight is 210 g/mol. The number of fused-ring (bicyclic) bond motifs is 1. The van der Waals surface area contributed by atoms with Crippen LogP contribution >= 0.6 is 11.6 Å². The van der Waals surface area contributed by atoms with Gasteiger partial charge in [-0.25, -0.2) is 9.50 Å². The standard InChI is InChI=1S/C10H12ClN3/c1-6(2)9-10-7(3)4-8(11)14(10)13-5-12-9/h4-6H,1-3H3. The molecular formula is C10H12ClN3. The van der Waals surface area contributed by atoms with Crippen LogP contribution in [-0.4, -0.2) is 14.6 Å². The van der Waals surface area contributed by atoms with Gasteiger partial charge in [0.2, 0.25) is 0 Å². The summed E-state index contributed by atoms with van der Waals surface area (Å²) in [6.07, 6.45) is 1.55. The summed E-state index contributed by atoms with van der Waals surface area (Å²) in [5.74, 6) is 0.380. The maximum absolute atomic E-state index is 6.03. The van der Waals surface area contributed by atoms with Crippen LogP contribution in [0, 0.1) is 6.92 Å². The SMILES string of the molecule is Cc1cc(Cl)n2ncnc(C(C)C)c12. The first kappa shape index (κ1) is 9.46. The van der Waals surface area contributed by atoms with E-state index in [4.69, 9.17) is 11.6 Å². The fourth-order valence-corrected chi connectivity index (χ4v) is 1.92. The van der Waals surface area contributed by atoms with Crippen LogP contribution in [0.15, 0.2) is 12.4 Å². The molecule has 2 aromatic heterocycles. The van der Waals surface area contributed by atoms with E-state index >= 15 is 0 Å². The van der Waals surface area contributed by atoms with Crippen molar-refractivity contribution in [1.82, 2.24) is 14.6 Å². The lowest BCUT2D eigenvalue weighted by Crippen LogP contribution is -2.01. The summed E-state index contributed by atoms with van der Waals surface area (Å²) < 4.78 is 1.74. The molecule has 2 rings (SSSR count). The second-order valence-corrected chi connectivity index (χ2v) is 4.10. The van der Waals surface area contributed by atoms with Crippen molar-refractivity contribution >= 4 is 17.1 Å². The summed E-state index contributed by atoms with van der Waals surface area (Å²) in [6, 6.07) is 1.91. The highest BCUT2D eigenvalue weighted by molar-refractivity contribution is 6.30. The molecule has 0 radical (unpaired) electrons. The van der Waals surface area contributed by atoms with Crippen molar-refractivity contribution in [2.45, 2.75) is 26.7 Å². The fourth-order valence-electron chi connectivity index (χ4n) is 1.63. The first-order valence-corrected chi connectivity index (χ1v) is 4.97. The lowest BCUT2D eigenvalue weighted by atomic mass is 10.1. The Morgan fingerprint density at radius 2 is 2.14 bits per heavy atom. The Balaban J connectivity index is 2.85. The molecule has 2 heterocycles. The second-order valence-electron chi connectivity index (χ2n) is 3.71. The zero-order valence-electron chi connectivity index (χ0n) is 8.45. The van der Waals surface area contributed by atoms with Gasteiger partial charge in [0.05, 0.1) is 11.2 Å². The molecule has 0 aromatic carbocycles. The van der Waals surface area contributed by atoms with Crippen LogP contribution < -0.4 is 0 Å². The van der Waals surface area contributed by atoms with Gasteiger partial charge in [-0.15, -0.1) is 0 Å². The Kier molecular flexibility index (Phi) is 2.19. The van der Waals surface area contributed by atoms with Crippen molar-refractivity contribution in [1.29, 1.82) is 0 Å². The van der Waals surface area contributed by atoms with Gasteiger partial charge in [0.25, 0.3) is 0 Å². The van der Waals surface area contributed by atoms with Crippen LogP contribution in [-0.2, 0) is 0 Å². The molecule has 0 saturated heterocycles. The van der Waals surface area contributed by atoms with E-state index in [1.54, 1.807) is 10.8 Å². The van der Waals surface area contributed by atoms with E-state index in [-0.39, 0.29) is 0 Å². The number of nitrogens with zero attached hydrogens (tertiary/aromatic N) is 3. The summed E-state index contributed by atoms with van der Waals surface area (Å²) in [5, 5.41) is 4.76. The van der Waals surface area contributed by atoms with Gasteiger partial charge in [-0.1, -0.05) is 25.4 Å². The van der Waals surface area contributed by atoms with Gasteiger partial charge >= 0.3 is 0 Å². The Morgan fingerprint density at radius 3 is 2.79 bits per heavy atom. The van der Waals surface area contributed by atoms with Crippen molar-refractivity contribution in [3.05, 3.63) is 28.8 Å². The van der Waals surface area contributed by atoms with Gasteiger partial charge in [0.1, 0.15) is 11.5 Å². The molecular weight excluding hydrogens is 198 g/mol.